The molecule has 1 aliphatic heterocycles. The van der Waals surface area contributed by atoms with Gasteiger partial charge < -0.3 is 15.0 Å². The number of likely N-dealkylation sites (tertiary alicyclic amines) is 1. The third-order valence-electron chi connectivity index (χ3n) is 4.10. The van der Waals surface area contributed by atoms with E-state index in [9.17, 15) is 9.59 Å². The Morgan fingerprint density at radius 1 is 1.29 bits per heavy atom. The molecular formula is C19H28N2O3. The molecule has 0 bridgehead atoms. The van der Waals surface area contributed by atoms with E-state index in [0.29, 0.717) is 13.1 Å². The molecule has 0 unspecified atom stereocenters. The molecule has 0 radical (unpaired) electrons. The summed E-state index contributed by atoms with van der Waals surface area (Å²) in [7, 11) is 0. The normalized spacial score (nSPS) is 18.2. The molecule has 1 saturated heterocycles. The van der Waals surface area contributed by atoms with E-state index in [-0.39, 0.29) is 17.9 Å². The molecule has 1 atom stereocenters. The summed E-state index contributed by atoms with van der Waals surface area (Å²) in [5.74, 6) is -0.222. The lowest BCUT2D eigenvalue weighted by Crippen LogP contribution is -2.45. The molecule has 1 aromatic rings. The summed E-state index contributed by atoms with van der Waals surface area (Å²) < 4.78 is 5.42. The number of para-hydroxylation sites is 1. The highest BCUT2D eigenvalue weighted by atomic mass is 16.6. The van der Waals surface area contributed by atoms with Gasteiger partial charge in [-0.1, -0.05) is 25.1 Å². The zero-order valence-corrected chi connectivity index (χ0v) is 15.1. The Bertz CT molecular complexity index is 593. The molecule has 0 aliphatic carbocycles. The van der Waals surface area contributed by atoms with E-state index in [1.54, 1.807) is 4.90 Å². The lowest BCUT2D eigenvalue weighted by atomic mass is 9.97. The van der Waals surface area contributed by atoms with Gasteiger partial charge in [0.15, 0.2) is 0 Å². The Morgan fingerprint density at radius 3 is 2.67 bits per heavy atom. The van der Waals surface area contributed by atoms with Crippen LogP contribution in [0.3, 0.4) is 0 Å². The average molecular weight is 332 g/mol. The van der Waals surface area contributed by atoms with Crippen molar-refractivity contribution in [2.45, 2.75) is 52.6 Å². The largest absolute Gasteiger partial charge is 0.444 e. The fourth-order valence-electron chi connectivity index (χ4n) is 2.87. The molecule has 0 spiro atoms. The molecule has 2 amide bonds. The summed E-state index contributed by atoms with van der Waals surface area (Å²) >= 11 is 0. The first-order valence-corrected chi connectivity index (χ1v) is 8.67. The van der Waals surface area contributed by atoms with Gasteiger partial charge in [0, 0.05) is 18.8 Å². The van der Waals surface area contributed by atoms with Crippen molar-refractivity contribution in [3.8, 4) is 0 Å². The molecule has 132 valence electrons. The standard InChI is InChI=1S/C19H28N2O3/c1-5-14-9-6-7-11-16(14)20-17(22)15-10-8-12-21(13-15)18(23)24-19(2,3)4/h6-7,9,11,15H,5,8,10,12-13H2,1-4H3,(H,20,22)/t15-/m1/s1. The summed E-state index contributed by atoms with van der Waals surface area (Å²) in [5, 5.41) is 3.02. The van der Waals surface area contributed by atoms with Crippen LogP contribution in [0.5, 0.6) is 0 Å². The van der Waals surface area contributed by atoms with Gasteiger partial charge in [0.2, 0.25) is 5.91 Å². The van der Waals surface area contributed by atoms with E-state index in [4.69, 9.17) is 4.74 Å². The summed E-state index contributed by atoms with van der Waals surface area (Å²) in [6.45, 7) is 8.66. The van der Waals surface area contributed by atoms with Crippen molar-refractivity contribution in [1.29, 1.82) is 0 Å². The van der Waals surface area contributed by atoms with Crippen molar-refractivity contribution >= 4 is 17.7 Å². The fraction of sp³-hybridized carbons (Fsp3) is 0.579. The van der Waals surface area contributed by atoms with Crippen LogP contribution in [0.4, 0.5) is 10.5 Å². The minimum atomic E-state index is -0.521. The molecule has 24 heavy (non-hydrogen) atoms. The number of benzene rings is 1. The first-order valence-electron chi connectivity index (χ1n) is 8.67. The van der Waals surface area contributed by atoms with E-state index < -0.39 is 5.60 Å². The van der Waals surface area contributed by atoms with Crippen LogP contribution in [-0.4, -0.2) is 35.6 Å². The highest BCUT2D eigenvalue weighted by molar-refractivity contribution is 5.93. The molecule has 2 rings (SSSR count). The Morgan fingerprint density at radius 2 is 2.00 bits per heavy atom. The van der Waals surface area contributed by atoms with Crippen LogP contribution in [0.15, 0.2) is 24.3 Å². The molecule has 0 saturated carbocycles. The molecule has 5 heteroatoms. The smallest absolute Gasteiger partial charge is 0.410 e. The number of carbonyl (C=O) groups excluding carboxylic acids is 2. The number of aryl methyl sites for hydroxylation is 1. The lowest BCUT2D eigenvalue weighted by Gasteiger charge is -2.33. The number of hydrogen-bond donors (Lipinski definition) is 1. The van der Waals surface area contributed by atoms with Crippen molar-refractivity contribution in [3.05, 3.63) is 29.8 Å². The van der Waals surface area contributed by atoms with E-state index in [1.165, 1.54) is 0 Å². The second-order valence-electron chi connectivity index (χ2n) is 7.27. The number of amides is 2. The van der Waals surface area contributed by atoms with Gasteiger partial charge in [-0.25, -0.2) is 4.79 Å². The highest BCUT2D eigenvalue weighted by Gasteiger charge is 2.31. The van der Waals surface area contributed by atoms with Crippen LogP contribution in [0.2, 0.25) is 0 Å². The monoisotopic (exact) mass is 332 g/mol. The number of piperidine rings is 1. The number of hydrogen-bond acceptors (Lipinski definition) is 3. The summed E-state index contributed by atoms with van der Waals surface area (Å²) in [5.41, 5.74) is 1.46. The van der Waals surface area contributed by atoms with Crippen LogP contribution in [-0.2, 0) is 16.0 Å². The maximum Gasteiger partial charge on any atom is 0.410 e. The third kappa shape index (κ3) is 4.98. The van der Waals surface area contributed by atoms with Crippen LogP contribution in [0, 0.1) is 5.92 Å². The Hall–Kier alpha value is -2.04. The van der Waals surface area contributed by atoms with Gasteiger partial charge >= 0.3 is 6.09 Å². The number of anilines is 1. The zero-order chi connectivity index (χ0) is 17.7. The van der Waals surface area contributed by atoms with Crippen molar-refractivity contribution in [1.82, 2.24) is 4.90 Å². The molecule has 1 aromatic carbocycles. The van der Waals surface area contributed by atoms with Crippen LogP contribution >= 0.6 is 0 Å². The Kier molecular flexibility index (Phi) is 5.86. The number of ether oxygens (including phenoxy) is 1. The summed E-state index contributed by atoms with van der Waals surface area (Å²) in [6, 6.07) is 7.83. The minimum absolute atomic E-state index is 0.0239. The second-order valence-corrected chi connectivity index (χ2v) is 7.27. The van der Waals surface area contributed by atoms with Crippen LogP contribution in [0.25, 0.3) is 0 Å². The van der Waals surface area contributed by atoms with Crippen molar-refractivity contribution in [2.24, 2.45) is 5.92 Å². The quantitative estimate of drug-likeness (QED) is 0.915. The van der Waals surface area contributed by atoms with Gasteiger partial charge in [0.05, 0.1) is 5.92 Å². The number of carbonyl (C=O) groups is 2. The Balaban J connectivity index is 1.98. The maximum atomic E-state index is 12.6. The number of rotatable bonds is 3. The van der Waals surface area contributed by atoms with Crippen LogP contribution in [0.1, 0.15) is 46.1 Å². The van der Waals surface area contributed by atoms with Gasteiger partial charge in [-0.3, -0.25) is 4.79 Å². The average Bonchev–Trinajstić information content (AvgIpc) is 2.54. The van der Waals surface area contributed by atoms with E-state index in [0.717, 1.165) is 30.5 Å². The highest BCUT2D eigenvalue weighted by Crippen LogP contribution is 2.22. The van der Waals surface area contributed by atoms with Crippen molar-refractivity contribution in [2.75, 3.05) is 18.4 Å². The zero-order valence-electron chi connectivity index (χ0n) is 15.1. The van der Waals surface area contributed by atoms with Crippen molar-refractivity contribution in [3.63, 3.8) is 0 Å². The summed E-state index contributed by atoms with van der Waals surface area (Å²) in [4.78, 5) is 26.5. The number of nitrogens with zero attached hydrogens (tertiary/aromatic N) is 1. The molecule has 1 N–H and O–H groups in total. The maximum absolute atomic E-state index is 12.6. The van der Waals surface area contributed by atoms with Gasteiger partial charge in [-0.15, -0.1) is 0 Å². The predicted molar refractivity (Wildman–Crippen MR) is 95.0 cm³/mol. The second kappa shape index (κ2) is 7.69. The molecular weight excluding hydrogens is 304 g/mol. The minimum Gasteiger partial charge on any atom is -0.444 e. The van der Waals surface area contributed by atoms with Gasteiger partial charge in [0.1, 0.15) is 5.60 Å². The van der Waals surface area contributed by atoms with E-state index in [1.807, 2.05) is 45.0 Å². The molecule has 1 heterocycles. The van der Waals surface area contributed by atoms with Gasteiger partial charge in [0.25, 0.3) is 0 Å². The first-order chi connectivity index (χ1) is 11.3. The summed E-state index contributed by atoms with van der Waals surface area (Å²) in [6.07, 6.45) is 2.13. The van der Waals surface area contributed by atoms with Gasteiger partial charge in [-0.2, -0.15) is 0 Å². The van der Waals surface area contributed by atoms with Crippen LogP contribution < -0.4 is 5.32 Å². The Labute approximate surface area is 144 Å². The molecule has 1 fully saturated rings. The topological polar surface area (TPSA) is 58.6 Å². The molecule has 1 aliphatic rings. The van der Waals surface area contributed by atoms with Crippen molar-refractivity contribution < 1.29 is 14.3 Å². The van der Waals surface area contributed by atoms with E-state index in [2.05, 4.69) is 12.2 Å². The SMILES string of the molecule is CCc1ccccc1NC(=O)[C@@H]1CCCN(C(=O)OC(C)(C)C)C1. The number of nitrogens with one attached hydrogen (secondary N) is 1. The van der Waals surface area contributed by atoms with E-state index >= 15 is 0 Å². The lowest BCUT2D eigenvalue weighted by molar-refractivity contribution is -0.121. The molecule has 5 nitrogen and oxygen atoms in total. The van der Waals surface area contributed by atoms with Gasteiger partial charge in [-0.05, 0) is 51.7 Å². The fourth-order valence-corrected chi connectivity index (χ4v) is 2.87. The predicted octanol–water partition coefficient (Wildman–Crippen LogP) is 3.83. The molecule has 0 aromatic heterocycles. The third-order valence-corrected chi connectivity index (χ3v) is 4.10. The first kappa shape index (κ1) is 18.3.